The summed E-state index contributed by atoms with van der Waals surface area (Å²) in [5.41, 5.74) is 2.82. The molecule has 3 nitrogen and oxygen atoms in total. The molecule has 0 heterocycles. The van der Waals surface area contributed by atoms with Crippen LogP contribution in [0.3, 0.4) is 0 Å². The summed E-state index contributed by atoms with van der Waals surface area (Å²) in [5.74, 6) is 0.711. The van der Waals surface area contributed by atoms with Crippen LogP contribution in [0.15, 0.2) is 12.1 Å². The van der Waals surface area contributed by atoms with Gasteiger partial charge >= 0.3 is 0 Å². The Morgan fingerprint density at radius 2 is 2.13 bits per heavy atom. The van der Waals surface area contributed by atoms with Gasteiger partial charge in [-0.2, -0.15) is 12.6 Å². The Labute approximate surface area is 95.2 Å². The molecule has 1 rings (SSSR count). The normalized spacial score (nSPS) is 9.87. The SMILES string of the molecule is COc1cc(C)cc(C)c1NC(=O)CS. The summed E-state index contributed by atoms with van der Waals surface area (Å²) in [6.07, 6.45) is 0. The van der Waals surface area contributed by atoms with Crippen molar-refractivity contribution in [2.75, 3.05) is 18.2 Å². The molecule has 0 atom stereocenters. The third-order valence-corrected chi connectivity index (χ3v) is 2.36. The number of carbonyl (C=O) groups excluding carboxylic acids is 1. The first-order chi connectivity index (χ1) is 7.08. The minimum absolute atomic E-state index is 0.136. The van der Waals surface area contributed by atoms with Crippen LogP contribution >= 0.6 is 12.6 Å². The van der Waals surface area contributed by atoms with Crippen molar-refractivity contribution in [2.24, 2.45) is 0 Å². The highest BCUT2D eigenvalue weighted by Crippen LogP contribution is 2.29. The van der Waals surface area contributed by atoms with Crippen LogP contribution in [-0.4, -0.2) is 18.8 Å². The smallest absolute Gasteiger partial charge is 0.234 e. The largest absolute Gasteiger partial charge is 0.495 e. The lowest BCUT2D eigenvalue weighted by atomic mass is 10.1. The first-order valence-corrected chi connectivity index (χ1v) is 5.27. The van der Waals surface area contributed by atoms with Crippen LogP contribution in [0.2, 0.25) is 0 Å². The van der Waals surface area contributed by atoms with Gasteiger partial charge in [0.15, 0.2) is 0 Å². The topological polar surface area (TPSA) is 38.3 Å². The van der Waals surface area contributed by atoms with Crippen molar-refractivity contribution in [2.45, 2.75) is 13.8 Å². The fraction of sp³-hybridized carbons (Fsp3) is 0.364. The van der Waals surface area contributed by atoms with Crippen molar-refractivity contribution < 1.29 is 9.53 Å². The van der Waals surface area contributed by atoms with Gasteiger partial charge < -0.3 is 10.1 Å². The summed E-state index contributed by atoms with van der Waals surface area (Å²) in [6, 6.07) is 3.89. The van der Waals surface area contributed by atoms with Crippen molar-refractivity contribution in [1.29, 1.82) is 0 Å². The molecule has 1 aromatic carbocycles. The quantitative estimate of drug-likeness (QED) is 0.774. The van der Waals surface area contributed by atoms with Gasteiger partial charge in [0, 0.05) is 0 Å². The highest BCUT2D eigenvalue weighted by atomic mass is 32.1. The number of anilines is 1. The molecule has 82 valence electrons. The molecular formula is C11H15NO2S. The highest BCUT2D eigenvalue weighted by molar-refractivity contribution is 7.81. The number of hydrogen-bond acceptors (Lipinski definition) is 3. The van der Waals surface area contributed by atoms with Gasteiger partial charge in [0.25, 0.3) is 0 Å². The van der Waals surface area contributed by atoms with E-state index in [0.29, 0.717) is 5.75 Å². The molecule has 1 aromatic rings. The third kappa shape index (κ3) is 2.89. The van der Waals surface area contributed by atoms with E-state index < -0.39 is 0 Å². The Balaban J connectivity index is 3.09. The molecule has 0 aliphatic heterocycles. The van der Waals surface area contributed by atoms with Crippen molar-refractivity contribution in [3.63, 3.8) is 0 Å². The van der Waals surface area contributed by atoms with Gasteiger partial charge in [-0.15, -0.1) is 0 Å². The minimum Gasteiger partial charge on any atom is -0.495 e. The predicted molar refractivity (Wildman–Crippen MR) is 65.0 cm³/mol. The van der Waals surface area contributed by atoms with Gasteiger partial charge in [-0.1, -0.05) is 6.07 Å². The molecule has 0 spiro atoms. The summed E-state index contributed by atoms with van der Waals surface area (Å²) in [4.78, 5) is 11.2. The zero-order chi connectivity index (χ0) is 11.4. The molecule has 0 aliphatic carbocycles. The van der Waals surface area contributed by atoms with Crippen LogP contribution in [0.5, 0.6) is 5.75 Å². The maximum Gasteiger partial charge on any atom is 0.234 e. The first-order valence-electron chi connectivity index (χ1n) is 4.64. The molecule has 0 saturated carbocycles. The summed E-state index contributed by atoms with van der Waals surface area (Å²) in [5, 5.41) is 2.77. The number of ether oxygens (including phenoxy) is 1. The Morgan fingerprint density at radius 3 is 2.67 bits per heavy atom. The summed E-state index contributed by atoms with van der Waals surface area (Å²) in [7, 11) is 1.59. The number of nitrogens with one attached hydrogen (secondary N) is 1. The number of amides is 1. The van der Waals surface area contributed by atoms with Gasteiger partial charge in [-0.25, -0.2) is 0 Å². The molecule has 0 fully saturated rings. The lowest BCUT2D eigenvalue weighted by Gasteiger charge is -2.13. The third-order valence-electron chi connectivity index (χ3n) is 2.07. The summed E-state index contributed by atoms with van der Waals surface area (Å²) in [6.45, 7) is 3.92. The molecule has 0 radical (unpaired) electrons. The van der Waals surface area contributed by atoms with Crippen molar-refractivity contribution in [3.8, 4) is 5.75 Å². The first kappa shape index (κ1) is 11.9. The number of aryl methyl sites for hydroxylation is 2. The number of methoxy groups -OCH3 is 1. The molecule has 1 amide bonds. The maximum atomic E-state index is 11.2. The zero-order valence-electron chi connectivity index (χ0n) is 9.13. The fourth-order valence-electron chi connectivity index (χ4n) is 1.43. The van der Waals surface area contributed by atoms with Crippen LogP contribution < -0.4 is 10.1 Å². The van der Waals surface area contributed by atoms with E-state index in [4.69, 9.17) is 4.74 Å². The van der Waals surface area contributed by atoms with E-state index in [1.807, 2.05) is 26.0 Å². The molecule has 15 heavy (non-hydrogen) atoms. The molecule has 0 unspecified atom stereocenters. The van der Waals surface area contributed by atoms with E-state index in [0.717, 1.165) is 16.8 Å². The van der Waals surface area contributed by atoms with E-state index in [-0.39, 0.29) is 11.7 Å². The van der Waals surface area contributed by atoms with E-state index >= 15 is 0 Å². The van der Waals surface area contributed by atoms with Gasteiger partial charge in [-0.05, 0) is 31.0 Å². The Kier molecular flexibility index (Phi) is 4.03. The average Bonchev–Trinajstić information content (AvgIpc) is 2.21. The summed E-state index contributed by atoms with van der Waals surface area (Å²) >= 11 is 3.91. The van der Waals surface area contributed by atoms with Crippen LogP contribution in [0, 0.1) is 13.8 Å². The minimum atomic E-state index is -0.136. The molecular weight excluding hydrogens is 210 g/mol. The monoisotopic (exact) mass is 225 g/mol. The standard InChI is InChI=1S/C11H15NO2S/c1-7-4-8(2)11(9(5-7)14-3)12-10(13)6-15/h4-5,15H,6H2,1-3H3,(H,12,13). The van der Waals surface area contributed by atoms with Gasteiger partial charge in [0.05, 0.1) is 18.6 Å². The van der Waals surface area contributed by atoms with Crippen molar-refractivity contribution in [1.82, 2.24) is 0 Å². The molecule has 1 N–H and O–H groups in total. The molecule has 4 heteroatoms. The lowest BCUT2D eigenvalue weighted by molar-refractivity contribution is -0.113. The van der Waals surface area contributed by atoms with E-state index in [9.17, 15) is 4.79 Å². The maximum absolute atomic E-state index is 11.2. The molecule has 0 bridgehead atoms. The average molecular weight is 225 g/mol. The number of hydrogen-bond donors (Lipinski definition) is 2. The van der Waals surface area contributed by atoms with E-state index in [1.54, 1.807) is 7.11 Å². The van der Waals surface area contributed by atoms with E-state index in [1.165, 1.54) is 0 Å². The lowest BCUT2D eigenvalue weighted by Crippen LogP contribution is -2.14. The second-order valence-electron chi connectivity index (χ2n) is 3.37. The van der Waals surface area contributed by atoms with Crippen LogP contribution in [0.25, 0.3) is 0 Å². The van der Waals surface area contributed by atoms with Crippen LogP contribution in [0.4, 0.5) is 5.69 Å². The fourth-order valence-corrected chi connectivity index (χ4v) is 1.51. The molecule has 0 saturated heterocycles. The van der Waals surface area contributed by atoms with Gasteiger partial charge in [-0.3, -0.25) is 4.79 Å². The molecule has 0 aliphatic rings. The molecule has 0 aromatic heterocycles. The van der Waals surface area contributed by atoms with Gasteiger partial charge in [0.2, 0.25) is 5.91 Å². The van der Waals surface area contributed by atoms with Crippen LogP contribution in [0.1, 0.15) is 11.1 Å². The zero-order valence-corrected chi connectivity index (χ0v) is 10.0. The van der Waals surface area contributed by atoms with Crippen molar-refractivity contribution >= 4 is 24.2 Å². The Bertz CT molecular complexity index is 377. The van der Waals surface area contributed by atoms with Crippen LogP contribution in [-0.2, 0) is 4.79 Å². The summed E-state index contributed by atoms with van der Waals surface area (Å²) < 4.78 is 5.21. The second-order valence-corrected chi connectivity index (χ2v) is 3.68. The number of benzene rings is 1. The highest BCUT2D eigenvalue weighted by Gasteiger charge is 2.09. The van der Waals surface area contributed by atoms with Crippen molar-refractivity contribution in [3.05, 3.63) is 23.3 Å². The van der Waals surface area contributed by atoms with E-state index in [2.05, 4.69) is 17.9 Å². The van der Waals surface area contributed by atoms with Gasteiger partial charge in [0.1, 0.15) is 5.75 Å². The predicted octanol–water partition coefficient (Wildman–Crippen LogP) is 2.18. The number of rotatable bonds is 3. The Hall–Kier alpha value is -1.16. The Morgan fingerprint density at radius 1 is 1.47 bits per heavy atom. The number of carbonyl (C=O) groups is 1. The second kappa shape index (κ2) is 5.07. The number of thiol groups is 1.